The van der Waals surface area contributed by atoms with Crippen molar-refractivity contribution in [2.24, 2.45) is 0 Å². The average molecular weight is 452 g/mol. The van der Waals surface area contributed by atoms with E-state index < -0.39 is 0 Å². The molecule has 0 bridgehead atoms. The lowest BCUT2D eigenvalue weighted by molar-refractivity contribution is 0.0526. The third-order valence-corrected chi connectivity index (χ3v) is 4.88. The Kier molecular flexibility index (Phi) is 5.10. The number of carbonyl (C=O) groups excluding carboxylic acids is 2. The fourth-order valence-electron chi connectivity index (χ4n) is 2.09. The van der Waals surface area contributed by atoms with Gasteiger partial charge in [-0.3, -0.25) is 10.1 Å². The lowest BCUT2D eigenvalue weighted by atomic mass is 10.2. The van der Waals surface area contributed by atoms with Crippen LogP contribution in [0.1, 0.15) is 27.6 Å². The van der Waals surface area contributed by atoms with Gasteiger partial charge in [-0.2, -0.15) is 0 Å². The van der Waals surface area contributed by atoms with Crippen LogP contribution in [0.25, 0.3) is 10.2 Å². The molecule has 1 N–H and O–H groups in total. The second-order valence-electron chi connectivity index (χ2n) is 4.88. The number of anilines is 1. The van der Waals surface area contributed by atoms with Gasteiger partial charge in [-0.15, -0.1) is 0 Å². The van der Waals surface area contributed by atoms with Crippen LogP contribution in [0.2, 0.25) is 0 Å². The molecule has 0 fully saturated rings. The SMILES string of the molecule is CCOC(=O)c1ccc2nc(NC(=O)c3ccc(I)cc3)sc2c1. The molecular weight excluding hydrogens is 439 g/mol. The van der Waals surface area contributed by atoms with Gasteiger partial charge in [-0.05, 0) is 72.0 Å². The predicted octanol–water partition coefficient (Wildman–Crippen LogP) is 4.33. The highest BCUT2D eigenvalue weighted by Gasteiger charge is 2.12. The van der Waals surface area contributed by atoms with E-state index in [9.17, 15) is 9.59 Å². The molecule has 0 spiro atoms. The summed E-state index contributed by atoms with van der Waals surface area (Å²) in [5.74, 6) is -0.576. The summed E-state index contributed by atoms with van der Waals surface area (Å²) in [5, 5.41) is 3.29. The van der Waals surface area contributed by atoms with Gasteiger partial charge in [0.05, 0.1) is 22.4 Å². The van der Waals surface area contributed by atoms with Crippen LogP contribution in [-0.4, -0.2) is 23.5 Å². The van der Waals surface area contributed by atoms with Gasteiger partial charge in [0.25, 0.3) is 5.91 Å². The minimum absolute atomic E-state index is 0.212. The van der Waals surface area contributed by atoms with Gasteiger partial charge in [0.2, 0.25) is 0 Å². The van der Waals surface area contributed by atoms with Crippen LogP contribution in [0, 0.1) is 3.57 Å². The Bertz CT molecular complexity index is 906. The van der Waals surface area contributed by atoms with Gasteiger partial charge >= 0.3 is 5.97 Å². The molecule has 122 valence electrons. The van der Waals surface area contributed by atoms with E-state index in [4.69, 9.17) is 4.74 Å². The highest BCUT2D eigenvalue weighted by Crippen LogP contribution is 2.27. The lowest BCUT2D eigenvalue weighted by Crippen LogP contribution is -2.11. The first-order valence-corrected chi connectivity index (χ1v) is 9.11. The van der Waals surface area contributed by atoms with Crippen LogP contribution >= 0.6 is 33.9 Å². The van der Waals surface area contributed by atoms with Crippen LogP contribution in [-0.2, 0) is 4.74 Å². The van der Waals surface area contributed by atoms with Crippen molar-refractivity contribution in [1.29, 1.82) is 0 Å². The largest absolute Gasteiger partial charge is 0.462 e. The molecule has 3 rings (SSSR count). The quantitative estimate of drug-likeness (QED) is 0.473. The third-order valence-electron chi connectivity index (χ3n) is 3.23. The molecule has 0 aliphatic carbocycles. The monoisotopic (exact) mass is 452 g/mol. The third kappa shape index (κ3) is 3.73. The highest BCUT2D eigenvalue weighted by atomic mass is 127. The maximum Gasteiger partial charge on any atom is 0.338 e. The number of fused-ring (bicyclic) bond motifs is 1. The summed E-state index contributed by atoms with van der Waals surface area (Å²) in [6, 6.07) is 12.4. The van der Waals surface area contributed by atoms with Gasteiger partial charge in [0, 0.05) is 9.13 Å². The van der Waals surface area contributed by atoms with E-state index in [-0.39, 0.29) is 11.9 Å². The Labute approximate surface area is 156 Å². The number of esters is 1. The second kappa shape index (κ2) is 7.27. The Morgan fingerprint density at radius 3 is 2.58 bits per heavy atom. The van der Waals surface area contributed by atoms with Crippen LogP contribution in [0.5, 0.6) is 0 Å². The molecule has 0 atom stereocenters. The second-order valence-corrected chi connectivity index (χ2v) is 7.16. The minimum Gasteiger partial charge on any atom is -0.462 e. The molecule has 24 heavy (non-hydrogen) atoms. The van der Waals surface area contributed by atoms with Crippen molar-refractivity contribution in [2.75, 3.05) is 11.9 Å². The molecule has 7 heteroatoms. The van der Waals surface area contributed by atoms with Gasteiger partial charge in [-0.1, -0.05) is 11.3 Å². The zero-order valence-corrected chi connectivity index (χ0v) is 15.7. The molecule has 1 aromatic heterocycles. The number of carbonyl (C=O) groups is 2. The standard InChI is InChI=1S/C17H13IN2O3S/c1-2-23-16(22)11-5-8-13-14(9-11)24-17(19-13)20-15(21)10-3-6-12(18)7-4-10/h3-9H,2H2,1H3,(H,19,20,21). The Morgan fingerprint density at radius 1 is 1.17 bits per heavy atom. The lowest BCUT2D eigenvalue weighted by Gasteiger charge is -2.01. The maximum absolute atomic E-state index is 12.2. The summed E-state index contributed by atoms with van der Waals surface area (Å²) in [6.07, 6.45) is 0. The number of aromatic nitrogens is 1. The number of nitrogens with zero attached hydrogens (tertiary/aromatic N) is 1. The maximum atomic E-state index is 12.2. The Hall–Kier alpha value is -2.00. The van der Waals surface area contributed by atoms with E-state index in [1.54, 1.807) is 37.3 Å². The summed E-state index contributed by atoms with van der Waals surface area (Å²) >= 11 is 3.51. The zero-order valence-electron chi connectivity index (χ0n) is 12.7. The van der Waals surface area contributed by atoms with Gasteiger partial charge in [-0.25, -0.2) is 9.78 Å². The van der Waals surface area contributed by atoms with Crippen molar-refractivity contribution in [2.45, 2.75) is 6.92 Å². The fourth-order valence-corrected chi connectivity index (χ4v) is 3.35. The van der Waals surface area contributed by atoms with E-state index in [2.05, 4.69) is 32.9 Å². The molecule has 3 aromatic rings. The molecule has 5 nitrogen and oxygen atoms in total. The van der Waals surface area contributed by atoms with Crippen molar-refractivity contribution in [3.8, 4) is 0 Å². The van der Waals surface area contributed by atoms with Crippen molar-refractivity contribution >= 4 is 61.2 Å². The van der Waals surface area contributed by atoms with Gasteiger partial charge in [0.1, 0.15) is 0 Å². The molecule has 1 heterocycles. The number of halogens is 1. The molecular formula is C17H13IN2O3S. The number of ether oxygens (including phenoxy) is 1. The number of hydrogen-bond donors (Lipinski definition) is 1. The summed E-state index contributed by atoms with van der Waals surface area (Å²) in [7, 11) is 0. The smallest absolute Gasteiger partial charge is 0.338 e. The minimum atomic E-state index is -0.364. The van der Waals surface area contributed by atoms with Crippen molar-refractivity contribution in [3.63, 3.8) is 0 Å². The van der Waals surface area contributed by atoms with Crippen molar-refractivity contribution in [1.82, 2.24) is 4.98 Å². The number of thiazole rings is 1. The van der Waals surface area contributed by atoms with Gasteiger partial charge < -0.3 is 4.74 Å². The summed E-state index contributed by atoms with van der Waals surface area (Å²) in [5.41, 5.74) is 1.77. The molecule has 2 aromatic carbocycles. The molecule has 0 saturated heterocycles. The normalized spacial score (nSPS) is 10.6. The zero-order chi connectivity index (χ0) is 17.1. The van der Waals surface area contributed by atoms with Crippen LogP contribution < -0.4 is 5.32 Å². The Balaban J connectivity index is 1.81. The van der Waals surface area contributed by atoms with Crippen LogP contribution in [0.15, 0.2) is 42.5 Å². The number of rotatable bonds is 4. The van der Waals surface area contributed by atoms with Crippen molar-refractivity contribution < 1.29 is 14.3 Å². The molecule has 0 saturated carbocycles. The number of nitrogens with one attached hydrogen (secondary N) is 1. The molecule has 1 amide bonds. The predicted molar refractivity (Wildman–Crippen MR) is 103 cm³/mol. The first-order valence-electron chi connectivity index (χ1n) is 7.21. The number of hydrogen-bond acceptors (Lipinski definition) is 5. The summed E-state index contributed by atoms with van der Waals surface area (Å²) < 4.78 is 6.87. The molecule has 0 aliphatic rings. The van der Waals surface area contributed by atoms with Crippen molar-refractivity contribution in [3.05, 3.63) is 57.2 Å². The first-order chi connectivity index (χ1) is 11.6. The number of benzene rings is 2. The van der Waals surface area contributed by atoms with E-state index in [1.807, 2.05) is 12.1 Å². The molecule has 0 radical (unpaired) electrons. The van der Waals surface area contributed by atoms with E-state index in [0.717, 1.165) is 13.8 Å². The molecule has 0 aliphatic heterocycles. The van der Waals surface area contributed by atoms with Gasteiger partial charge in [0.15, 0.2) is 5.13 Å². The van der Waals surface area contributed by atoms with Crippen LogP contribution in [0.3, 0.4) is 0 Å². The number of amides is 1. The highest BCUT2D eigenvalue weighted by molar-refractivity contribution is 14.1. The topological polar surface area (TPSA) is 68.3 Å². The average Bonchev–Trinajstić information content (AvgIpc) is 2.96. The fraction of sp³-hybridized carbons (Fsp3) is 0.118. The first kappa shape index (κ1) is 16.8. The van der Waals surface area contributed by atoms with E-state index in [0.29, 0.717) is 22.9 Å². The Morgan fingerprint density at radius 2 is 1.88 bits per heavy atom. The van der Waals surface area contributed by atoms with E-state index >= 15 is 0 Å². The molecule has 0 unspecified atom stereocenters. The van der Waals surface area contributed by atoms with E-state index in [1.165, 1.54) is 11.3 Å². The summed E-state index contributed by atoms with van der Waals surface area (Å²) in [6.45, 7) is 2.10. The summed E-state index contributed by atoms with van der Waals surface area (Å²) in [4.78, 5) is 28.4. The van der Waals surface area contributed by atoms with Crippen LogP contribution in [0.4, 0.5) is 5.13 Å².